The van der Waals surface area contributed by atoms with Crippen LogP contribution in [-0.4, -0.2) is 21.3 Å². The molecule has 0 saturated carbocycles. The summed E-state index contributed by atoms with van der Waals surface area (Å²) in [6.07, 6.45) is -2.47. The topological polar surface area (TPSA) is 66.5 Å². The van der Waals surface area contributed by atoms with E-state index in [-0.39, 0.29) is 5.56 Å². The number of benzene rings is 1. The Bertz CT molecular complexity index is 669. The van der Waals surface area contributed by atoms with Crippen molar-refractivity contribution < 1.29 is 13.2 Å². The third-order valence-corrected chi connectivity index (χ3v) is 2.93. The summed E-state index contributed by atoms with van der Waals surface area (Å²) in [5.74, 6) is 0.729. The van der Waals surface area contributed by atoms with E-state index in [1.54, 1.807) is 24.0 Å². The number of alkyl halides is 3. The molecule has 1 N–H and O–H groups in total. The fourth-order valence-electron chi connectivity index (χ4n) is 1.84. The smallest absolute Gasteiger partial charge is 0.385 e. The molecule has 1 aromatic heterocycles. The fraction of sp³-hybridized carbons (Fsp3) is 0.308. The average molecular weight is 295 g/mol. The minimum atomic E-state index is -4.55. The second-order valence-corrected chi connectivity index (χ2v) is 4.40. The highest BCUT2D eigenvalue weighted by Crippen LogP contribution is 2.33. The first kappa shape index (κ1) is 14.8. The third-order valence-electron chi connectivity index (χ3n) is 2.93. The number of hydrogen-bond acceptors (Lipinski definition) is 4. The van der Waals surface area contributed by atoms with Gasteiger partial charge in [0.05, 0.1) is 17.2 Å². The van der Waals surface area contributed by atoms with Crippen LogP contribution in [0.2, 0.25) is 0 Å². The number of hydrogen-bond donors (Lipinski definition) is 1. The van der Waals surface area contributed by atoms with Crippen molar-refractivity contribution in [3.63, 3.8) is 0 Å². The summed E-state index contributed by atoms with van der Waals surface area (Å²) in [6, 6.07) is 5.09. The largest absolute Gasteiger partial charge is 0.417 e. The molecule has 0 saturated heterocycles. The molecule has 0 aliphatic rings. The van der Waals surface area contributed by atoms with Gasteiger partial charge in [0.2, 0.25) is 0 Å². The molecule has 21 heavy (non-hydrogen) atoms. The molecule has 110 valence electrons. The maximum atomic E-state index is 12.8. The fourth-order valence-corrected chi connectivity index (χ4v) is 1.84. The second-order valence-electron chi connectivity index (χ2n) is 4.40. The summed E-state index contributed by atoms with van der Waals surface area (Å²) in [5.41, 5.74) is -1.02. The van der Waals surface area contributed by atoms with Gasteiger partial charge in [-0.1, -0.05) is 0 Å². The first-order chi connectivity index (χ1) is 9.91. The van der Waals surface area contributed by atoms with Crippen molar-refractivity contribution in [3.8, 4) is 6.07 Å². The Labute approximate surface area is 119 Å². The van der Waals surface area contributed by atoms with Crippen molar-refractivity contribution >= 4 is 5.69 Å². The molecule has 0 aliphatic heterocycles. The SMILES string of the molecule is Cn1cnnc1CCNc1ccc(C#N)c(C(F)(F)F)c1. The highest BCUT2D eigenvalue weighted by atomic mass is 19.4. The Hall–Kier alpha value is -2.56. The highest BCUT2D eigenvalue weighted by Gasteiger charge is 2.33. The van der Waals surface area contributed by atoms with Crippen LogP contribution in [0.5, 0.6) is 0 Å². The monoisotopic (exact) mass is 295 g/mol. The van der Waals surface area contributed by atoms with Crippen molar-refractivity contribution in [2.24, 2.45) is 7.05 Å². The Kier molecular flexibility index (Phi) is 4.12. The van der Waals surface area contributed by atoms with Crippen LogP contribution in [0, 0.1) is 11.3 Å². The van der Waals surface area contributed by atoms with Gasteiger partial charge in [0.25, 0.3) is 0 Å². The zero-order valence-corrected chi connectivity index (χ0v) is 11.1. The molecule has 0 fully saturated rings. The second kappa shape index (κ2) is 5.83. The van der Waals surface area contributed by atoms with E-state index in [9.17, 15) is 13.2 Å². The number of nitriles is 1. The van der Waals surface area contributed by atoms with Gasteiger partial charge in [0, 0.05) is 25.7 Å². The first-order valence-electron chi connectivity index (χ1n) is 6.10. The predicted molar refractivity (Wildman–Crippen MR) is 69.4 cm³/mol. The Morgan fingerprint density at radius 1 is 1.38 bits per heavy atom. The number of aromatic nitrogens is 3. The van der Waals surface area contributed by atoms with Gasteiger partial charge in [0.1, 0.15) is 12.2 Å². The van der Waals surface area contributed by atoms with Crippen LogP contribution in [-0.2, 0) is 19.6 Å². The summed E-state index contributed by atoms with van der Waals surface area (Å²) in [7, 11) is 1.79. The molecular weight excluding hydrogens is 283 g/mol. The summed E-state index contributed by atoms with van der Waals surface area (Å²) in [4.78, 5) is 0. The quantitative estimate of drug-likeness (QED) is 0.940. The Balaban J connectivity index is 2.08. The number of nitrogens with zero attached hydrogens (tertiary/aromatic N) is 4. The molecule has 8 heteroatoms. The van der Waals surface area contributed by atoms with E-state index < -0.39 is 11.7 Å². The van der Waals surface area contributed by atoms with Gasteiger partial charge in [-0.25, -0.2) is 0 Å². The van der Waals surface area contributed by atoms with E-state index in [2.05, 4.69) is 15.5 Å². The maximum Gasteiger partial charge on any atom is 0.417 e. The number of anilines is 1. The lowest BCUT2D eigenvalue weighted by atomic mass is 10.1. The van der Waals surface area contributed by atoms with Crippen LogP contribution in [0.3, 0.4) is 0 Å². The maximum absolute atomic E-state index is 12.8. The van der Waals surface area contributed by atoms with Gasteiger partial charge in [-0.3, -0.25) is 0 Å². The number of rotatable bonds is 4. The van der Waals surface area contributed by atoms with Gasteiger partial charge in [0.15, 0.2) is 0 Å². The molecule has 5 nitrogen and oxygen atoms in total. The van der Waals surface area contributed by atoms with Crippen LogP contribution >= 0.6 is 0 Å². The first-order valence-corrected chi connectivity index (χ1v) is 6.10. The minimum Gasteiger partial charge on any atom is -0.385 e. The van der Waals surface area contributed by atoms with Crippen molar-refractivity contribution in [1.29, 1.82) is 5.26 Å². The van der Waals surface area contributed by atoms with E-state index in [0.717, 1.165) is 18.0 Å². The molecule has 0 bridgehead atoms. The lowest BCUT2D eigenvalue weighted by Gasteiger charge is -2.12. The highest BCUT2D eigenvalue weighted by molar-refractivity contribution is 5.53. The van der Waals surface area contributed by atoms with Crippen molar-refractivity contribution in [2.75, 3.05) is 11.9 Å². The van der Waals surface area contributed by atoms with Crippen LogP contribution in [0.1, 0.15) is 17.0 Å². The Morgan fingerprint density at radius 2 is 2.14 bits per heavy atom. The molecule has 0 aliphatic carbocycles. The van der Waals surface area contributed by atoms with E-state index in [1.165, 1.54) is 6.07 Å². The summed E-state index contributed by atoms with van der Waals surface area (Å²) in [6.45, 7) is 0.412. The minimum absolute atomic E-state index is 0.309. The predicted octanol–water partition coefficient (Wildman–Crippen LogP) is 2.36. The molecular formula is C13H12F3N5. The number of halogens is 3. The lowest BCUT2D eigenvalue weighted by molar-refractivity contribution is -0.137. The van der Waals surface area contributed by atoms with Crippen LogP contribution in [0.4, 0.5) is 18.9 Å². The van der Waals surface area contributed by atoms with Gasteiger partial charge in [-0.2, -0.15) is 18.4 Å². The number of nitrogens with one attached hydrogen (secondary N) is 1. The number of aryl methyl sites for hydroxylation is 1. The molecule has 2 aromatic rings. The van der Waals surface area contributed by atoms with Crippen LogP contribution in [0.25, 0.3) is 0 Å². The third kappa shape index (κ3) is 3.51. The standard InChI is InChI=1S/C13H12F3N5/c1-21-8-19-20-12(21)4-5-18-10-3-2-9(7-17)11(6-10)13(14,15)16/h2-3,6,8,18H,4-5H2,1H3. The van der Waals surface area contributed by atoms with E-state index in [0.29, 0.717) is 18.7 Å². The van der Waals surface area contributed by atoms with Gasteiger partial charge < -0.3 is 9.88 Å². The molecule has 0 unspecified atom stereocenters. The zero-order chi connectivity index (χ0) is 15.5. The van der Waals surface area contributed by atoms with E-state index in [4.69, 9.17) is 5.26 Å². The van der Waals surface area contributed by atoms with E-state index >= 15 is 0 Å². The summed E-state index contributed by atoms with van der Waals surface area (Å²) < 4.78 is 40.2. The molecule has 0 radical (unpaired) electrons. The van der Waals surface area contributed by atoms with Gasteiger partial charge >= 0.3 is 6.18 Å². The van der Waals surface area contributed by atoms with Gasteiger partial charge in [-0.05, 0) is 18.2 Å². The molecule has 1 aromatic carbocycles. The summed E-state index contributed by atoms with van der Waals surface area (Å²) >= 11 is 0. The Morgan fingerprint density at radius 3 is 2.71 bits per heavy atom. The molecule has 1 heterocycles. The van der Waals surface area contributed by atoms with Crippen molar-refractivity contribution in [3.05, 3.63) is 41.5 Å². The van der Waals surface area contributed by atoms with E-state index in [1.807, 2.05) is 0 Å². The average Bonchev–Trinajstić information content (AvgIpc) is 2.83. The van der Waals surface area contributed by atoms with Crippen molar-refractivity contribution in [1.82, 2.24) is 14.8 Å². The van der Waals surface area contributed by atoms with Crippen molar-refractivity contribution in [2.45, 2.75) is 12.6 Å². The zero-order valence-electron chi connectivity index (χ0n) is 11.1. The molecule has 2 rings (SSSR count). The van der Waals surface area contributed by atoms with Gasteiger partial charge in [-0.15, -0.1) is 10.2 Å². The summed E-state index contributed by atoms with van der Waals surface area (Å²) in [5, 5.41) is 19.2. The molecule has 0 atom stereocenters. The van der Waals surface area contributed by atoms with Crippen LogP contribution < -0.4 is 5.32 Å². The molecule has 0 amide bonds. The normalized spacial score (nSPS) is 11.2. The lowest BCUT2D eigenvalue weighted by Crippen LogP contribution is -2.11. The molecule has 0 spiro atoms. The van der Waals surface area contributed by atoms with Crippen LogP contribution in [0.15, 0.2) is 24.5 Å².